The summed E-state index contributed by atoms with van der Waals surface area (Å²) in [6.45, 7) is 4.13. The van der Waals surface area contributed by atoms with Gasteiger partial charge in [0.1, 0.15) is 12.1 Å². The molecular formula is C10H21N5O2. The first-order chi connectivity index (χ1) is 8.60. The molecule has 6 N–H and O–H groups in total. The first kappa shape index (κ1) is 13.5. The summed E-state index contributed by atoms with van der Waals surface area (Å²) in [5, 5.41) is 11.0. The van der Waals surface area contributed by atoms with Crippen LogP contribution in [0.25, 0.3) is 0 Å². The van der Waals surface area contributed by atoms with Crippen molar-refractivity contribution in [3.63, 3.8) is 0 Å². The van der Waals surface area contributed by atoms with Gasteiger partial charge in [-0.05, 0) is 20.3 Å². The quantitative estimate of drug-likeness (QED) is 0.308. The Morgan fingerprint density at radius 1 is 1.35 bits per heavy atom. The molecule has 0 spiro atoms. The lowest BCUT2D eigenvalue weighted by Gasteiger charge is -2.20. The van der Waals surface area contributed by atoms with Gasteiger partial charge < -0.3 is 27.0 Å². The van der Waals surface area contributed by atoms with Gasteiger partial charge in [0.15, 0.2) is 1.41 Å². The fourth-order valence-electron chi connectivity index (χ4n) is 1.26. The molecule has 0 fully saturated rings. The molecule has 0 aliphatic carbocycles. The zero-order valence-electron chi connectivity index (χ0n) is 11.2. The topological polar surface area (TPSA) is 108 Å². The third-order valence-electron chi connectivity index (χ3n) is 2.09. The second-order valence-corrected chi connectivity index (χ2v) is 3.46. The lowest BCUT2D eigenvalue weighted by molar-refractivity contribution is -0.128. The molecule has 0 radical (unpaired) electrons. The number of likely N-dealkylation sites (N-methyl/N-ethyl adjacent to an activating group) is 2. The van der Waals surface area contributed by atoms with Gasteiger partial charge in [0.05, 0.1) is 0 Å². The molecule has 7 heteroatoms. The molecule has 0 bridgehead atoms. The van der Waals surface area contributed by atoms with Crippen molar-refractivity contribution in [2.75, 3.05) is 27.2 Å². The average molecular weight is 245 g/mol. The molecule has 0 rings (SSSR count). The maximum Gasteiger partial charge on any atom is 0.244 e. The molecule has 0 heterocycles. The summed E-state index contributed by atoms with van der Waals surface area (Å²) in [6, 6.07) is -1.31. The Bertz CT molecular complexity index is 287. The van der Waals surface area contributed by atoms with Gasteiger partial charge in [0.2, 0.25) is 11.8 Å². The lowest BCUT2D eigenvalue weighted by Crippen LogP contribution is -2.56. The van der Waals surface area contributed by atoms with E-state index in [1.807, 2.05) is 0 Å². The highest BCUT2D eigenvalue weighted by Gasteiger charge is 2.22. The van der Waals surface area contributed by atoms with Gasteiger partial charge in [0.25, 0.3) is 0 Å². The Labute approximate surface area is 103 Å². The van der Waals surface area contributed by atoms with E-state index in [4.69, 9.17) is 1.41 Å². The van der Waals surface area contributed by atoms with Crippen LogP contribution in [0.15, 0.2) is 12.8 Å². The molecule has 2 atom stereocenters. The van der Waals surface area contributed by atoms with Crippen LogP contribution in [0.2, 0.25) is 1.41 Å². The van der Waals surface area contributed by atoms with Gasteiger partial charge >= 0.3 is 0 Å². The van der Waals surface area contributed by atoms with Crippen LogP contribution < -0.4 is 27.0 Å². The van der Waals surface area contributed by atoms with Crippen LogP contribution in [0.3, 0.4) is 0 Å². The summed E-state index contributed by atoms with van der Waals surface area (Å²) in [5.41, 5.74) is 1.76. The van der Waals surface area contributed by atoms with Crippen molar-refractivity contribution < 1.29 is 11.0 Å². The van der Waals surface area contributed by atoms with Crippen LogP contribution in [0, 0.1) is 0 Å². The highest BCUT2D eigenvalue weighted by atomic mass is 16.2. The molecule has 98 valence electrons. The molecule has 7 nitrogen and oxygen atoms in total. The summed E-state index contributed by atoms with van der Waals surface area (Å²) in [7, 11) is 3.37. The molecule has 0 aromatic carbocycles. The highest BCUT2D eigenvalue weighted by molar-refractivity contribution is 5.89. The van der Waals surface area contributed by atoms with E-state index < -0.39 is 18.0 Å². The normalized spacial score (nSPS) is 14.1. The van der Waals surface area contributed by atoms with Crippen LogP contribution in [-0.4, -0.2) is 51.1 Å². The van der Waals surface area contributed by atoms with Crippen LogP contribution >= 0.6 is 0 Å². The molecule has 0 aliphatic heterocycles. The third-order valence-corrected chi connectivity index (χ3v) is 2.09. The minimum Gasteiger partial charge on any atom is -0.379 e. The maximum absolute atomic E-state index is 11.9. The summed E-state index contributed by atoms with van der Waals surface area (Å²) < 4.78 is 6.81. The predicted octanol–water partition coefficient (Wildman–Crippen LogP) is -2.50. The van der Waals surface area contributed by atoms with Crippen molar-refractivity contribution in [3.05, 3.63) is 12.8 Å². The zero-order chi connectivity index (χ0) is 14.0. The highest BCUT2D eigenvalue weighted by Crippen LogP contribution is 1.87. The Morgan fingerprint density at radius 3 is 2.41 bits per heavy atom. The molecule has 0 saturated carbocycles. The number of carbonyl (C=O) groups is 2. The van der Waals surface area contributed by atoms with E-state index in [0.717, 1.165) is 0 Å². The van der Waals surface area contributed by atoms with E-state index in [1.165, 1.54) is 6.20 Å². The van der Waals surface area contributed by atoms with Crippen LogP contribution in [0.5, 0.6) is 0 Å². The Kier molecular flexibility index (Phi) is 6.76. The summed E-state index contributed by atoms with van der Waals surface area (Å²) in [6.07, 6.45) is 1.42. The molecule has 0 aliphatic rings. The maximum atomic E-state index is 11.9. The van der Waals surface area contributed by atoms with Gasteiger partial charge in [-0.1, -0.05) is 6.58 Å². The first-order valence-corrected chi connectivity index (χ1v) is 5.28. The van der Waals surface area contributed by atoms with Crippen molar-refractivity contribution in [2.24, 2.45) is 5.73 Å². The van der Waals surface area contributed by atoms with E-state index in [9.17, 15) is 9.59 Å². The Morgan fingerprint density at radius 2 is 1.94 bits per heavy atom. The van der Waals surface area contributed by atoms with Crippen molar-refractivity contribution >= 4 is 11.8 Å². The van der Waals surface area contributed by atoms with Crippen LogP contribution in [0.1, 0.15) is 0 Å². The number of hydrogen-bond acceptors (Lipinski definition) is 5. The van der Waals surface area contributed by atoms with Gasteiger partial charge in [-0.3, -0.25) is 9.59 Å². The molecule has 0 saturated heterocycles. The lowest BCUT2D eigenvalue weighted by atomic mass is 10.2. The minimum atomic E-state index is -0.786. The molecule has 2 amide bonds. The van der Waals surface area contributed by atoms with E-state index in [1.54, 1.807) is 19.8 Å². The van der Waals surface area contributed by atoms with Crippen molar-refractivity contribution in [3.8, 4) is 0 Å². The molecule has 0 aromatic rings. The molecule has 0 aromatic heterocycles. The van der Waals surface area contributed by atoms with E-state index in [0.29, 0.717) is 6.54 Å². The van der Waals surface area contributed by atoms with Crippen LogP contribution in [0.4, 0.5) is 0 Å². The molecular weight excluding hydrogens is 222 g/mol. The SMILES string of the molecule is [3H]NC(=O)[C@H](CNC)NC(=O)[C@H](CNC)NC=C. The minimum absolute atomic E-state index is 0.247. The van der Waals surface area contributed by atoms with Crippen molar-refractivity contribution in [2.45, 2.75) is 12.1 Å². The summed E-state index contributed by atoms with van der Waals surface area (Å²) in [4.78, 5) is 23.3. The molecule has 17 heavy (non-hydrogen) atoms. The summed E-state index contributed by atoms with van der Waals surface area (Å²) in [5.74, 6) is -0.910. The number of nitrogens with two attached hydrogens (primary N) is 1. The average Bonchev–Trinajstić information content (AvgIpc) is 2.37. The fraction of sp³-hybridized carbons (Fsp3) is 0.600. The Hall–Kier alpha value is -1.60. The second-order valence-electron chi connectivity index (χ2n) is 3.46. The van der Waals surface area contributed by atoms with E-state index in [-0.39, 0.29) is 12.5 Å². The number of hydrogen-bond donors (Lipinski definition) is 5. The Balaban J connectivity index is 4.53. The monoisotopic (exact) mass is 245 g/mol. The van der Waals surface area contributed by atoms with Crippen molar-refractivity contribution in [1.82, 2.24) is 21.3 Å². The predicted molar refractivity (Wildman–Crippen MR) is 66.1 cm³/mol. The third kappa shape index (κ3) is 5.88. The van der Waals surface area contributed by atoms with Gasteiger partial charge in [-0.15, -0.1) is 0 Å². The number of amides is 2. The number of rotatable bonds is 9. The van der Waals surface area contributed by atoms with E-state index >= 15 is 0 Å². The van der Waals surface area contributed by atoms with Gasteiger partial charge in [-0.25, -0.2) is 0 Å². The summed E-state index contributed by atoms with van der Waals surface area (Å²) >= 11 is 0. The van der Waals surface area contributed by atoms with Crippen molar-refractivity contribution in [1.29, 1.82) is 0 Å². The second kappa shape index (κ2) is 8.54. The standard InChI is InChI=1S/C10H21N5O2/c1-4-14-8(6-13-3)10(17)15-7(5-12-2)9(11)16/h4,7-8,12-14H,1,5-6H2,2-3H3,(H2,11,16)(H,15,17)/t7-,8-/m0/s1/i/hT. The number of carbonyl (C=O) groups excluding carboxylic acids is 2. The number of primary amides is 1. The van der Waals surface area contributed by atoms with E-state index in [2.05, 4.69) is 27.8 Å². The fourth-order valence-corrected chi connectivity index (χ4v) is 1.26. The smallest absolute Gasteiger partial charge is 0.244 e. The van der Waals surface area contributed by atoms with Gasteiger partial charge in [-0.2, -0.15) is 0 Å². The zero-order valence-corrected chi connectivity index (χ0v) is 10.2. The van der Waals surface area contributed by atoms with Gasteiger partial charge in [0, 0.05) is 13.1 Å². The van der Waals surface area contributed by atoms with Crippen LogP contribution in [-0.2, 0) is 9.59 Å². The largest absolute Gasteiger partial charge is 0.379 e. The molecule has 0 unspecified atom stereocenters. The first-order valence-electron chi connectivity index (χ1n) is 5.78. The number of nitrogens with one attached hydrogen (secondary N) is 4.